The van der Waals surface area contributed by atoms with E-state index >= 15 is 0 Å². The summed E-state index contributed by atoms with van der Waals surface area (Å²) in [6, 6.07) is 2.42. The molecule has 0 saturated heterocycles. The third-order valence-electron chi connectivity index (χ3n) is 1.88. The number of carbonyl (C=O) groups excluding carboxylic acids is 1. The molecule has 11 heavy (non-hydrogen) atoms. The average Bonchev–Trinajstić information content (AvgIpc) is 2.40. The van der Waals surface area contributed by atoms with Crippen LogP contribution < -0.4 is 11.1 Å². The summed E-state index contributed by atoms with van der Waals surface area (Å²) in [5, 5.41) is 2.79. The number of nitrogens with two attached hydrogens (primary N) is 1. The molecule has 1 aliphatic carbocycles. The van der Waals surface area contributed by atoms with E-state index in [-0.39, 0.29) is 5.91 Å². The van der Waals surface area contributed by atoms with Gasteiger partial charge in [-0.2, -0.15) is 0 Å². The second-order valence-electron chi connectivity index (χ2n) is 2.72. The molecular weight excluding hydrogens is 140 g/mol. The summed E-state index contributed by atoms with van der Waals surface area (Å²) in [6.07, 6.45) is 4.58. The molecule has 0 radical (unpaired) electrons. The molecule has 3 heteroatoms. The van der Waals surface area contributed by atoms with E-state index in [1.807, 2.05) is 0 Å². The Hall–Kier alpha value is -1.17. The van der Waals surface area contributed by atoms with Crippen LogP contribution in [0.2, 0.25) is 0 Å². The molecule has 0 bridgehead atoms. The van der Waals surface area contributed by atoms with Gasteiger partial charge in [0.1, 0.15) is 0 Å². The Bertz CT molecular complexity index is 196. The van der Waals surface area contributed by atoms with Gasteiger partial charge >= 0.3 is 0 Å². The maximum atomic E-state index is 10.8. The monoisotopic (exact) mass is 152 g/mol. The van der Waals surface area contributed by atoms with E-state index in [0.29, 0.717) is 6.04 Å². The Kier molecular flexibility index (Phi) is 2.79. The summed E-state index contributed by atoms with van der Waals surface area (Å²) in [7, 11) is 0. The van der Waals surface area contributed by atoms with Gasteiger partial charge in [-0.05, 0) is 12.8 Å². The highest BCUT2D eigenvalue weighted by molar-refractivity contribution is 5.93. The van der Waals surface area contributed by atoms with Crippen LogP contribution in [0.4, 0.5) is 0 Å². The van der Waals surface area contributed by atoms with Gasteiger partial charge < -0.3 is 11.1 Å². The van der Waals surface area contributed by atoms with Crippen molar-refractivity contribution < 1.29 is 4.79 Å². The van der Waals surface area contributed by atoms with Crippen molar-refractivity contribution in [3.8, 4) is 12.0 Å². The predicted molar refractivity (Wildman–Crippen MR) is 42.4 cm³/mol. The highest BCUT2D eigenvalue weighted by Gasteiger charge is 2.15. The minimum Gasteiger partial charge on any atom is -0.359 e. The highest BCUT2D eigenvalue weighted by Crippen LogP contribution is 2.17. The Morgan fingerprint density at radius 1 is 1.45 bits per heavy atom. The molecular formula is C8H12N2O. The first-order valence-electron chi connectivity index (χ1n) is 3.85. The van der Waals surface area contributed by atoms with Crippen LogP contribution in [-0.4, -0.2) is 11.9 Å². The van der Waals surface area contributed by atoms with Crippen LogP contribution in [0.5, 0.6) is 0 Å². The molecule has 1 fully saturated rings. The first-order valence-corrected chi connectivity index (χ1v) is 3.85. The van der Waals surface area contributed by atoms with Gasteiger partial charge in [0, 0.05) is 18.0 Å². The number of carbonyl (C=O) groups is 1. The van der Waals surface area contributed by atoms with Crippen molar-refractivity contribution in [3.63, 3.8) is 0 Å². The summed E-state index contributed by atoms with van der Waals surface area (Å²) in [6.45, 7) is 0. The van der Waals surface area contributed by atoms with Crippen molar-refractivity contribution in [2.75, 3.05) is 0 Å². The lowest BCUT2D eigenvalue weighted by molar-refractivity contribution is -0.116. The maximum absolute atomic E-state index is 10.8. The number of hydrogen-bond donors (Lipinski definition) is 2. The molecule has 0 aromatic carbocycles. The molecule has 3 N–H and O–H groups in total. The van der Waals surface area contributed by atoms with E-state index in [1.165, 1.54) is 12.8 Å². The molecule has 0 aliphatic heterocycles. The minimum absolute atomic E-state index is 0.251. The molecule has 60 valence electrons. The average molecular weight is 152 g/mol. The third kappa shape index (κ3) is 2.50. The molecule has 0 spiro atoms. The van der Waals surface area contributed by atoms with Gasteiger partial charge in [0.05, 0.1) is 0 Å². The summed E-state index contributed by atoms with van der Waals surface area (Å²) in [5.74, 6) is 2.00. The van der Waals surface area contributed by atoms with Gasteiger partial charge in [0.15, 0.2) is 0 Å². The molecule has 0 unspecified atom stereocenters. The van der Waals surface area contributed by atoms with E-state index < -0.39 is 0 Å². The third-order valence-corrected chi connectivity index (χ3v) is 1.88. The maximum Gasteiger partial charge on any atom is 0.297 e. The fourth-order valence-corrected chi connectivity index (χ4v) is 1.36. The Morgan fingerprint density at radius 3 is 2.64 bits per heavy atom. The lowest BCUT2D eigenvalue weighted by Crippen LogP contribution is -2.31. The summed E-state index contributed by atoms with van der Waals surface area (Å²) in [5.41, 5.74) is 4.88. The van der Waals surface area contributed by atoms with Gasteiger partial charge in [-0.15, -0.1) is 0 Å². The van der Waals surface area contributed by atoms with Gasteiger partial charge in [-0.25, -0.2) is 0 Å². The Balaban J connectivity index is 2.27. The van der Waals surface area contributed by atoms with Crippen LogP contribution in [0, 0.1) is 12.0 Å². The van der Waals surface area contributed by atoms with E-state index in [1.54, 1.807) is 0 Å². The topological polar surface area (TPSA) is 55.1 Å². The second kappa shape index (κ2) is 3.87. The predicted octanol–water partition coefficient (Wildman–Crippen LogP) is -0.0352. The number of hydrogen-bond acceptors (Lipinski definition) is 2. The second-order valence-corrected chi connectivity index (χ2v) is 2.72. The molecule has 0 heterocycles. The zero-order valence-electron chi connectivity index (χ0n) is 6.39. The molecule has 3 nitrogen and oxygen atoms in total. The largest absolute Gasteiger partial charge is 0.359 e. The summed E-state index contributed by atoms with van der Waals surface area (Å²) in [4.78, 5) is 10.8. The molecule has 1 rings (SSSR count). The Labute approximate surface area is 66.3 Å². The van der Waals surface area contributed by atoms with E-state index in [2.05, 4.69) is 17.3 Å². The normalized spacial score (nSPS) is 17.1. The van der Waals surface area contributed by atoms with Crippen molar-refractivity contribution in [1.29, 1.82) is 0 Å². The number of rotatable bonds is 1. The summed E-state index contributed by atoms with van der Waals surface area (Å²) < 4.78 is 0. The van der Waals surface area contributed by atoms with Gasteiger partial charge in [-0.3, -0.25) is 4.79 Å². The van der Waals surface area contributed by atoms with Gasteiger partial charge in [-0.1, -0.05) is 12.8 Å². The molecule has 0 atom stereocenters. The first-order chi connectivity index (χ1) is 5.33. The lowest BCUT2D eigenvalue weighted by atomic mass is 10.2. The van der Waals surface area contributed by atoms with Crippen molar-refractivity contribution in [2.24, 2.45) is 5.73 Å². The molecule has 1 aliphatic rings. The van der Waals surface area contributed by atoms with E-state index in [9.17, 15) is 4.79 Å². The zero-order chi connectivity index (χ0) is 8.10. The standard InChI is InChI=1S/C8H12N2O/c9-6-5-8(11)10-7-3-1-2-4-7/h7H,1-4,9H2,(H,10,11). The van der Waals surface area contributed by atoms with Gasteiger partial charge in [0.2, 0.25) is 0 Å². The molecule has 1 amide bonds. The fraction of sp³-hybridized carbons (Fsp3) is 0.625. The van der Waals surface area contributed by atoms with Crippen LogP contribution in [0.1, 0.15) is 25.7 Å². The molecule has 0 aromatic heterocycles. The van der Waals surface area contributed by atoms with Crippen LogP contribution >= 0.6 is 0 Å². The number of amides is 1. The van der Waals surface area contributed by atoms with Crippen molar-refractivity contribution in [3.05, 3.63) is 0 Å². The van der Waals surface area contributed by atoms with Crippen LogP contribution in [0.25, 0.3) is 0 Å². The van der Waals surface area contributed by atoms with Gasteiger partial charge in [0.25, 0.3) is 5.91 Å². The zero-order valence-corrected chi connectivity index (χ0v) is 6.39. The van der Waals surface area contributed by atoms with Crippen LogP contribution in [0.3, 0.4) is 0 Å². The van der Waals surface area contributed by atoms with E-state index in [4.69, 9.17) is 5.73 Å². The smallest absolute Gasteiger partial charge is 0.297 e. The van der Waals surface area contributed by atoms with E-state index in [0.717, 1.165) is 12.8 Å². The van der Waals surface area contributed by atoms with Crippen LogP contribution in [0.15, 0.2) is 0 Å². The fourth-order valence-electron chi connectivity index (χ4n) is 1.36. The minimum atomic E-state index is -0.251. The highest BCUT2D eigenvalue weighted by atomic mass is 16.1. The number of nitrogens with one attached hydrogen (secondary N) is 1. The first kappa shape index (κ1) is 7.93. The SMILES string of the molecule is NC#CC(=O)NC1CCCC1. The van der Waals surface area contributed by atoms with Crippen molar-refractivity contribution in [1.82, 2.24) is 5.32 Å². The Morgan fingerprint density at radius 2 is 2.09 bits per heavy atom. The van der Waals surface area contributed by atoms with Crippen LogP contribution in [-0.2, 0) is 4.79 Å². The quantitative estimate of drug-likeness (QED) is 0.409. The summed E-state index contributed by atoms with van der Waals surface area (Å²) >= 11 is 0. The molecule has 1 saturated carbocycles. The lowest BCUT2D eigenvalue weighted by Gasteiger charge is -2.07. The van der Waals surface area contributed by atoms with Crippen molar-refractivity contribution in [2.45, 2.75) is 31.7 Å². The molecule has 0 aromatic rings. The van der Waals surface area contributed by atoms with Crippen molar-refractivity contribution >= 4 is 5.91 Å².